The number of rotatable bonds is 1. The topological polar surface area (TPSA) is 38.0 Å². The van der Waals surface area contributed by atoms with E-state index in [0.29, 0.717) is 15.8 Å². The van der Waals surface area contributed by atoms with Crippen LogP contribution in [-0.4, -0.2) is 7.05 Å². The Kier molecular flexibility index (Phi) is 2.34. The van der Waals surface area contributed by atoms with Crippen molar-refractivity contribution in [3.63, 3.8) is 0 Å². The minimum atomic E-state index is -0.316. The maximum atomic E-state index is 12.8. The van der Waals surface area contributed by atoms with Gasteiger partial charge in [-0.25, -0.2) is 4.39 Å². The average molecular weight is 219 g/mol. The summed E-state index contributed by atoms with van der Waals surface area (Å²) < 4.78 is 13.2. The lowest BCUT2D eigenvalue weighted by atomic mass is 10.2. The van der Waals surface area contributed by atoms with Gasteiger partial charge in [0.25, 0.3) is 0 Å². The number of nitrogens with one attached hydrogen (secondary N) is 1. The van der Waals surface area contributed by atoms with E-state index in [1.165, 1.54) is 12.1 Å². The van der Waals surface area contributed by atoms with E-state index in [1.54, 1.807) is 7.05 Å². The van der Waals surface area contributed by atoms with E-state index >= 15 is 0 Å². The summed E-state index contributed by atoms with van der Waals surface area (Å²) in [4.78, 5) is 0. The van der Waals surface area contributed by atoms with E-state index < -0.39 is 0 Å². The standard InChI is InChI=1S/C7H8BrFN2/c1-11-7-3-5(9)4(8)2-6(7)10/h2-3,11H,10H2,1H3. The molecule has 0 spiro atoms. The summed E-state index contributed by atoms with van der Waals surface area (Å²) in [7, 11) is 1.69. The van der Waals surface area contributed by atoms with Crippen LogP contribution in [0.2, 0.25) is 0 Å². The number of halogens is 2. The van der Waals surface area contributed by atoms with Crippen LogP contribution < -0.4 is 11.1 Å². The van der Waals surface area contributed by atoms with Crippen molar-refractivity contribution in [2.24, 2.45) is 0 Å². The van der Waals surface area contributed by atoms with E-state index in [4.69, 9.17) is 5.73 Å². The number of nitrogen functional groups attached to an aromatic ring is 1. The van der Waals surface area contributed by atoms with Crippen LogP contribution >= 0.6 is 15.9 Å². The van der Waals surface area contributed by atoms with Crippen molar-refractivity contribution in [3.8, 4) is 0 Å². The van der Waals surface area contributed by atoms with Crippen molar-refractivity contribution in [2.75, 3.05) is 18.1 Å². The third kappa shape index (κ3) is 1.63. The fourth-order valence-electron chi connectivity index (χ4n) is 0.779. The number of hydrogen-bond acceptors (Lipinski definition) is 2. The van der Waals surface area contributed by atoms with Crippen molar-refractivity contribution in [1.82, 2.24) is 0 Å². The molecule has 1 aromatic carbocycles. The molecule has 0 aromatic heterocycles. The molecule has 11 heavy (non-hydrogen) atoms. The van der Waals surface area contributed by atoms with Crippen LogP contribution in [0.5, 0.6) is 0 Å². The molecule has 0 aliphatic carbocycles. The molecular weight excluding hydrogens is 211 g/mol. The van der Waals surface area contributed by atoms with Crippen LogP contribution in [0.4, 0.5) is 15.8 Å². The van der Waals surface area contributed by atoms with Gasteiger partial charge in [-0.1, -0.05) is 0 Å². The first-order chi connectivity index (χ1) is 5.15. The molecule has 60 valence electrons. The number of anilines is 2. The summed E-state index contributed by atoms with van der Waals surface area (Å²) in [6.07, 6.45) is 0. The van der Waals surface area contributed by atoms with E-state index in [1.807, 2.05) is 0 Å². The molecule has 0 amide bonds. The van der Waals surface area contributed by atoms with Crippen molar-refractivity contribution < 1.29 is 4.39 Å². The van der Waals surface area contributed by atoms with Crippen molar-refractivity contribution in [1.29, 1.82) is 0 Å². The summed E-state index contributed by atoms with van der Waals surface area (Å²) in [6, 6.07) is 2.88. The summed E-state index contributed by atoms with van der Waals surface area (Å²) in [5, 5.41) is 2.78. The summed E-state index contributed by atoms with van der Waals surface area (Å²) >= 11 is 3.03. The van der Waals surface area contributed by atoms with E-state index in [9.17, 15) is 4.39 Å². The van der Waals surface area contributed by atoms with E-state index in [0.717, 1.165) is 0 Å². The molecule has 0 bridgehead atoms. The molecule has 0 fully saturated rings. The molecule has 0 aliphatic heterocycles. The molecule has 1 rings (SSSR count). The van der Waals surface area contributed by atoms with Gasteiger partial charge in [0.15, 0.2) is 0 Å². The lowest BCUT2D eigenvalue weighted by molar-refractivity contribution is 0.622. The van der Waals surface area contributed by atoms with E-state index in [2.05, 4.69) is 21.2 Å². The Morgan fingerprint density at radius 2 is 2.18 bits per heavy atom. The van der Waals surface area contributed by atoms with Crippen LogP contribution in [0.25, 0.3) is 0 Å². The van der Waals surface area contributed by atoms with Crippen molar-refractivity contribution in [2.45, 2.75) is 0 Å². The molecule has 0 saturated carbocycles. The molecule has 2 nitrogen and oxygen atoms in total. The van der Waals surface area contributed by atoms with Crippen LogP contribution in [0.15, 0.2) is 16.6 Å². The summed E-state index contributed by atoms with van der Waals surface area (Å²) in [5.74, 6) is -0.316. The number of nitrogens with two attached hydrogens (primary N) is 1. The van der Waals surface area contributed by atoms with Gasteiger partial charge in [0.1, 0.15) is 5.82 Å². The van der Waals surface area contributed by atoms with Gasteiger partial charge in [-0.3, -0.25) is 0 Å². The lowest BCUT2D eigenvalue weighted by Gasteiger charge is -2.05. The Morgan fingerprint density at radius 3 is 2.73 bits per heavy atom. The van der Waals surface area contributed by atoms with Crippen LogP contribution in [0.1, 0.15) is 0 Å². The first kappa shape index (κ1) is 8.33. The molecular formula is C7H8BrFN2. The third-order valence-corrected chi connectivity index (χ3v) is 1.97. The fourth-order valence-corrected chi connectivity index (χ4v) is 1.14. The molecule has 0 radical (unpaired) electrons. The first-order valence-corrected chi connectivity index (χ1v) is 3.86. The van der Waals surface area contributed by atoms with Crippen LogP contribution in [0.3, 0.4) is 0 Å². The van der Waals surface area contributed by atoms with Crippen LogP contribution in [0, 0.1) is 5.82 Å². The maximum Gasteiger partial charge on any atom is 0.139 e. The zero-order chi connectivity index (χ0) is 8.43. The summed E-state index contributed by atoms with van der Waals surface area (Å²) in [6.45, 7) is 0. The number of hydrogen-bond donors (Lipinski definition) is 2. The third-order valence-electron chi connectivity index (χ3n) is 1.36. The molecule has 0 unspecified atom stereocenters. The Hall–Kier alpha value is -0.770. The average Bonchev–Trinajstić information content (AvgIpc) is 1.97. The van der Waals surface area contributed by atoms with E-state index in [-0.39, 0.29) is 5.82 Å². The van der Waals surface area contributed by atoms with Gasteiger partial charge in [0, 0.05) is 13.1 Å². The second-order valence-electron chi connectivity index (χ2n) is 2.10. The molecule has 1 aromatic rings. The van der Waals surface area contributed by atoms with Gasteiger partial charge >= 0.3 is 0 Å². The maximum absolute atomic E-state index is 12.8. The predicted octanol–water partition coefficient (Wildman–Crippen LogP) is 2.21. The highest BCUT2D eigenvalue weighted by molar-refractivity contribution is 9.10. The highest BCUT2D eigenvalue weighted by Crippen LogP contribution is 2.25. The summed E-state index contributed by atoms with van der Waals surface area (Å²) in [5.41, 5.74) is 6.67. The molecule has 4 heteroatoms. The van der Waals surface area contributed by atoms with Gasteiger partial charge in [0.05, 0.1) is 15.8 Å². The monoisotopic (exact) mass is 218 g/mol. The van der Waals surface area contributed by atoms with Crippen LogP contribution in [-0.2, 0) is 0 Å². The Bertz CT molecular complexity index is 275. The highest BCUT2D eigenvalue weighted by atomic mass is 79.9. The Morgan fingerprint density at radius 1 is 1.55 bits per heavy atom. The minimum absolute atomic E-state index is 0.316. The largest absolute Gasteiger partial charge is 0.397 e. The first-order valence-electron chi connectivity index (χ1n) is 3.07. The van der Waals surface area contributed by atoms with Gasteiger partial charge in [-0.05, 0) is 22.0 Å². The lowest BCUT2D eigenvalue weighted by Crippen LogP contribution is -1.96. The van der Waals surface area contributed by atoms with Crippen molar-refractivity contribution in [3.05, 3.63) is 22.4 Å². The van der Waals surface area contributed by atoms with Crippen molar-refractivity contribution >= 4 is 27.3 Å². The number of benzene rings is 1. The predicted molar refractivity (Wildman–Crippen MR) is 48.1 cm³/mol. The molecule has 0 saturated heterocycles. The zero-order valence-electron chi connectivity index (χ0n) is 5.99. The second kappa shape index (κ2) is 3.09. The van der Waals surface area contributed by atoms with Gasteiger partial charge < -0.3 is 11.1 Å². The molecule has 0 atom stereocenters. The smallest absolute Gasteiger partial charge is 0.139 e. The minimum Gasteiger partial charge on any atom is -0.397 e. The van der Waals surface area contributed by atoms with Gasteiger partial charge in [0.2, 0.25) is 0 Å². The quantitative estimate of drug-likeness (QED) is 0.710. The van der Waals surface area contributed by atoms with Gasteiger partial charge in [-0.2, -0.15) is 0 Å². The Labute approximate surface area is 72.7 Å². The molecule has 3 N–H and O–H groups in total. The van der Waals surface area contributed by atoms with Gasteiger partial charge in [-0.15, -0.1) is 0 Å². The molecule has 0 aliphatic rings. The second-order valence-corrected chi connectivity index (χ2v) is 2.96. The SMILES string of the molecule is CNc1cc(F)c(Br)cc1N. The fraction of sp³-hybridized carbons (Fsp3) is 0.143. The highest BCUT2D eigenvalue weighted by Gasteiger charge is 2.03. The normalized spacial score (nSPS) is 9.73. The molecule has 0 heterocycles. The Balaban J connectivity index is 3.21. The zero-order valence-corrected chi connectivity index (χ0v) is 7.57.